The quantitative estimate of drug-likeness (QED) is 0.832. The first-order valence-electron chi connectivity index (χ1n) is 11.0. The number of aromatic amines is 1. The topological polar surface area (TPSA) is 87.6 Å². The van der Waals surface area contributed by atoms with E-state index in [0.29, 0.717) is 56.4 Å². The van der Waals surface area contributed by atoms with Crippen LogP contribution in [0.25, 0.3) is 0 Å². The van der Waals surface area contributed by atoms with Crippen LogP contribution in [0.5, 0.6) is 0 Å². The Hall–Kier alpha value is -2.25. The molecule has 29 heavy (non-hydrogen) atoms. The van der Waals surface area contributed by atoms with Gasteiger partial charge in [-0.05, 0) is 63.2 Å². The number of hydrogen-bond acceptors (Lipinski definition) is 5. The first-order chi connectivity index (χ1) is 14.0. The van der Waals surface area contributed by atoms with Gasteiger partial charge in [0.1, 0.15) is 5.82 Å². The Morgan fingerprint density at radius 2 is 1.66 bits per heavy atom. The molecule has 1 N–H and O–H groups in total. The summed E-state index contributed by atoms with van der Waals surface area (Å²) in [5, 5.41) is 0. The lowest BCUT2D eigenvalue weighted by Crippen LogP contribution is -2.59. The molecule has 0 unspecified atom stereocenters. The van der Waals surface area contributed by atoms with Crippen molar-refractivity contribution in [1.82, 2.24) is 14.5 Å². The van der Waals surface area contributed by atoms with E-state index in [1.165, 1.54) is 19.3 Å². The molecule has 4 saturated carbocycles. The molecule has 8 nitrogen and oxygen atoms in total. The maximum absolute atomic E-state index is 13.1. The molecule has 1 saturated heterocycles. The molecule has 5 aliphatic rings. The summed E-state index contributed by atoms with van der Waals surface area (Å²) in [5.41, 5.74) is -0.735. The Morgan fingerprint density at radius 1 is 1.07 bits per heavy atom. The van der Waals surface area contributed by atoms with Gasteiger partial charge in [-0.3, -0.25) is 14.3 Å². The molecule has 1 aromatic heterocycles. The minimum absolute atomic E-state index is 0.182. The Balaban J connectivity index is 1.37. The molecule has 0 radical (unpaired) electrons. The molecule has 0 aromatic carbocycles. The molecule has 8 heteroatoms. The average Bonchev–Trinajstić information content (AvgIpc) is 2.66. The molecule has 2 heterocycles. The van der Waals surface area contributed by atoms with Gasteiger partial charge in [0.05, 0.1) is 12.1 Å². The zero-order valence-electron chi connectivity index (χ0n) is 17.1. The Bertz CT molecular complexity index is 845. The van der Waals surface area contributed by atoms with E-state index in [1.807, 2.05) is 4.90 Å². The van der Waals surface area contributed by atoms with Gasteiger partial charge in [0.15, 0.2) is 0 Å². The lowest BCUT2D eigenvalue weighted by molar-refractivity contribution is -0.0470. The van der Waals surface area contributed by atoms with E-state index in [0.717, 1.165) is 19.3 Å². The standard InChI is InChI=1S/C21H30N4O4/c1-2-29-20(28)24-5-3-23(4-6-24)17-10-18(26)25(19(27)22-17)21-11-14-7-15(12-21)9-16(8-14)13-21/h10,14-16H,2-9,11-13H2,1H3,(H,22,27). The van der Waals surface area contributed by atoms with E-state index < -0.39 is 0 Å². The number of H-pyrrole nitrogens is 1. The first kappa shape index (κ1) is 18.8. The normalized spacial score (nSPS) is 33.2. The molecule has 6 rings (SSSR count). The highest BCUT2D eigenvalue weighted by atomic mass is 16.6. The number of amides is 1. The van der Waals surface area contributed by atoms with Crippen LogP contribution in [0.15, 0.2) is 15.7 Å². The Morgan fingerprint density at radius 3 is 2.17 bits per heavy atom. The number of carbonyl (C=O) groups is 1. The van der Waals surface area contributed by atoms with Crippen LogP contribution in [0.4, 0.5) is 10.6 Å². The van der Waals surface area contributed by atoms with E-state index >= 15 is 0 Å². The first-order valence-corrected chi connectivity index (χ1v) is 11.0. The summed E-state index contributed by atoms with van der Waals surface area (Å²) in [4.78, 5) is 44.7. The van der Waals surface area contributed by atoms with Crippen molar-refractivity contribution in [3.63, 3.8) is 0 Å². The van der Waals surface area contributed by atoms with Gasteiger partial charge in [0.25, 0.3) is 5.56 Å². The monoisotopic (exact) mass is 402 g/mol. The maximum atomic E-state index is 13.1. The number of hydrogen-bond donors (Lipinski definition) is 1. The zero-order chi connectivity index (χ0) is 20.2. The molecule has 4 aliphatic carbocycles. The Labute approximate surface area is 169 Å². The van der Waals surface area contributed by atoms with Gasteiger partial charge in [0.2, 0.25) is 0 Å². The van der Waals surface area contributed by atoms with Crippen LogP contribution < -0.4 is 16.1 Å². The van der Waals surface area contributed by atoms with Gasteiger partial charge in [-0.1, -0.05) is 0 Å². The van der Waals surface area contributed by atoms with Gasteiger partial charge in [-0.25, -0.2) is 9.59 Å². The van der Waals surface area contributed by atoms with E-state index in [9.17, 15) is 14.4 Å². The fourth-order valence-corrected chi connectivity index (χ4v) is 6.79. The SMILES string of the molecule is CCOC(=O)N1CCN(c2cc(=O)n(C34CC5CC(CC(C5)C3)C4)c(=O)[nH]2)CC1. The Kier molecular flexibility index (Phi) is 4.47. The van der Waals surface area contributed by atoms with Gasteiger partial charge in [-0.2, -0.15) is 0 Å². The number of aromatic nitrogens is 2. The van der Waals surface area contributed by atoms with Crippen molar-refractivity contribution in [3.8, 4) is 0 Å². The zero-order valence-corrected chi connectivity index (χ0v) is 17.1. The largest absolute Gasteiger partial charge is 0.450 e. The van der Waals surface area contributed by atoms with Gasteiger partial charge < -0.3 is 14.5 Å². The number of ether oxygens (including phenoxy) is 1. The van der Waals surface area contributed by atoms with Crippen molar-refractivity contribution in [2.75, 3.05) is 37.7 Å². The van der Waals surface area contributed by atoms with Crippen molar-refractivity contribution in [2.24, 2.45) is 17.8 Å². The molecule has 158 valence electrons. The van der Waals surface area contributed by atoms with E-state index in [2.05, 4.69) is 4.98 Å². The maximum Gasteiger partial charge on any atom is 0.409 e. The summed E-state index contributed by atoms with van der Waals surface area (Å²) in [7, 11) is 0. The number of rotatable bonds is 3. The summed E-state index contributed by atoms with van der Waals surface area (Å²) >= 11 is 0. The molecule has 1 aromatic rings. The van der Waals surface area contributed by atoms with Crippen LogP contribution in [0.1, 0.15) is 45.4 Å². The summed E-state index contributed by atoms with van der Waals surface area (Å²) in [6.07, 6.45) is 6.43. The van der Waals surface area contributed by atoms with Crippen molar-refractivity contribution < 1.29 is 9.53 Å². The number of nitrogens with zero attached hydrogens (tertiary/aromatic N) is 3. The van der Waals surface area contributed by atoms with Gasteiger partial charge in [-0.15, -0.1) is 0 Å². The molecule has 4 bridgehead atoms. The molecule has 1 amide bonds. The summed E-state index contributed by atoms with van der Waals surface area (Å²) < 4.78 is 6.60. The molecule has 0 atom stereocenters. The van der Waals surface area contributed by atoms with Crippen molar-refractivity contribution in [3.05, 3.63) is 26.9 Å². The molecule has 0 spiro atoms. The highest BCUT2D eigenvalue weighted by Crippen LogP contribution is 2.58. The molecule has 1 aliphatic heterocycles. The average molecular weight is 402 g/mol. The summed E-state index contributed by atoms with van der Waals surface area (Å²) in [5.74, 6) is 2.57. The van der Waals surface area contributed by atoms with E-state index in [1.54, 1.807) is 22.5 Å². The fourth-order valence-electron chi connectivity index (χ4n) is 6.79. The third kappa shape index (κ3) is 3.16. The van der Waals surface area contributed by atoms with Crippen LogP contribution in [-0.2, 0) is 10.3 Å². The number of nitrogens with one attached hydrogen (secondary N) is 1. The molecular weight excluding hydrogens is 372 g/mol. The van der Waals surface area contributed by atoms with Gasteiger partial charge >= 0.3 is 11.8 Å². The third-order valence-corrected chi connectivity index (χ3v) is 7.55. The van der Waals surface area contributed by atoms with Crippen LogP contribution in [-0.4, -0.2) is 53.3 Å². The van der Waals surface area contributed by atoms with Crippen LogP contribution in [0, 0.1) is 17.8 Å². The minimum atomic E-state index is -0.308. The molecular formula is C21H30N4O4. The number of piperazine rings is 1. The predicted molar refractivity (Wildman–Crippen MR) is 108 cm³/mol. The summed E-state index contributed by atoms with van der Waals surface area (Å²) in [6, 6.07) is 1.58. The van der Waals surface area contributed by atoms with Crippen LogP contribution in [0.2, 0.25) is 0 Å². The van der Waals surface area contributed by atoms with E-state index in [-0.39, 0.29) is 22.9 Å². The van der Waals surface area contributed by atoms with Gasteiger partial charge in [0, 0.05) is 32.2 Å². The van der Waals surface area contributed by atoms with E-state index in [4.69, 9.17) is 4.74 Å². The highest BCUT2D eigenvalue weighted by molar-refractivity contribution is 5.68. The number of carbonyl (C=O) groups excluding carboxylic acids is 1. The lowest BCUT2D eigenvalue weighted by atomic mass is 9.53. The van der Waals surface area contributed by atoms with Crippen LogP contribution in [0.3, 0.4) is 0 Å². The van der Waals surface area contributed by atoms with Crippen LogP contribution >= 0.6 is 0 Å². The molecule has 5 fully saturated rings. The summed E-state index contributed by atoms with van der Waals surface area (Å²) in [6.45, 7) is 4.30. The lowest BCUT2D eigenvalue weighted by Gasteiger charge is -2.56. The fraction of sp³-hybridized carbons (Fsp3) is 0.762. The van der Waals surface area contributed by atoms with Crippen molar-refractivity contribution in [1.29, 1.82) is 0 Å². The number of anilines is 1. The predicted octanol–water partition coefficient (Wildman–Crippen LogP) is 1.74. The highest BCUT2D eigenvalue weighted by Gasteiger charge is 2.53. The second-order valence-electron chi connectivity index (χ2n) is 9.45. The van der Waals surface area contributed by atoms with Crippen molar-refractivity contribution in [2.45, 2.75) is 51.0 Å². The van der Waals surface area contributed by atoms with Crippen molar-refractivity contribution >= 4 is 11.9 Å². The third-order valence-electron chi connectivity index (χ3n) is 7.55. The smallest absolute Gasteiger partial charge is 0.409 e. The second kappa shape index (κ2) is 6.92. The second-order valence-corrected chi connectivity index (χ2v) is 9.45. The minimum Gasteiger partial charge on any atom is -0.450 e.